The maximum Gasteiger partial charge on any atom is 0.203 e. The summed E-state index contributed by atoms with van der Waals surface area (Å²) in [5, 5.41) is 0. The van der Waals surface area contributed by atoms with Gasteiger partial charge in [0.2, 0.25) is 5.75 Å². The Bertz CT molecular complexity index is 620. The second kappa shape index (κ2) is 6.69. The van der Waals surface area contributed by atoms with Crippen LogP contribution in [0.5, 0.6) is 17.2 Å². The van der Waals surface area contributed by atoms with Gasteiger partial charge in [0.1, 0.15) is 18.7 Å². The first kappa shape index (κ1) is 14.8. The van der Waals surface area contributed by atoms with E-state index in [0.29, 0.717) is 34.7 Å². The van der Waals surface area contributed by atoms with Gasteiger partial charge in [0, 0.05) is 17.3 Å². The van der Waals surface area contributed by atoms with Gasteiger partial charge in [-0.1, -0.05) is 0 Å². The number of hydrogen-bond donors (Lipinski definition) is 0. The molecule has 0 saturated carbocycles. The van der Waals surface area contributed by atoms with E-state index in [-0.39, 0.29) is 6.61 Å². The number of pyridine rings is 1. The van der Waals surface area contributed by atoms with Gasteiger partial charge in [-0.25, -0.2) is 4.39 Å². The third-order valence-electron chi connectivity index (χ3n) is 2.76. The minimum Gasteiger partial charge on any atom is -0.493 e. The standard InChI is InChI=1S/C15H14FNO4/c1-19-13-4-10(8-18)5-14(20-2)15(13)21-9-11-3-12(16)7-17-6-11/h3-8H,9H2,1-2H3. The Morgan fingerprint density at radius 2 is 1.81 bits per heavy atom. The van der Waals surface area contributed by atoms with Gasteiger partial charge in [-0.15, -0.1) is 0 Å². The van der Waals surface area contributed by atoms with E-state index in [1.807, 2.05) is 0 Å². The van der Waals surface area contributed by atoms with Crippen LogP contribution in [0.25, 0.3) is 0 Å². The minimum absolute atomic E-state index is 0.0952. The molecule has 21 heavy (non-hydrogen) atoms. The van der Waals surface area contributed by atoms with E-state index in [0.717, 1.165) is 6.20 Å². The summed E-state index contributed by atoms with van der Waals surface area (Å²) in [6.45, 7) is 0.0952. The van der Waals surface area contributed by atoms with Crippen LogP contribution in [-0.4, -0.2) is 25.5 Å². The van der Waals surface area contributed by atoms with Crippen LogP contribution in [0.3, 0.4) is 0 Å². The number of nitrogens with zero attached hydrogens (tertiary/aromatic N) is 1. The summed E-state index contributed by atoms with van der Waals surface area (Å²) in [6, 6.07) is 4.40. The van der Waals surface area contributed by atoms with Crippen LogP contribution in [-0.2, 0) is 6.61 Å². The van der Waals surface area contributed by atoms with Crippen molar-refractivity contribution in [3.8, 4) is 17.2 Å². The number of ether oxygens (including phenoxy) is 3. The molecule has 0 fully saturated rings. The fraction of sp³-hybridized carbons (Fsp3) is 0.200. The average Bonchev–Trinajstić information content (AvgIpc) is 2.52. The summed E-state index contributed by atoms with van der Waals surface area (Å²) in [7, 11) is 2.92. The second-order valence-electron chi connectivity index (χ2n) is 4.17. The van der Waals surface area contributed by atoms with Crippen molar-refractivity contribution in [3.05, 3.63) is 47.5 Å². The molecule has 0 unspecified atom stereocenters. The molecule has 6 heteroatoms. The van der Waals surface area contributed by atoms with Gasteiger partial charge in [0.05, 0.1) is 20.4 Å². The zero-order valence-corrected chi connectivity index (χ0v) is 11.6. The molecule has 0 aliphatic carbocycles. The number of aldehydes is 1. The van der Waals surface area contributed by atoms with Crippen molar-refractivity contribution in [2.24, 2.45) is 0 Å². The Labute approximate surface area is 121 Å². The first-order chi connectivity index (χ1) is 10.2. The van der Waals surface area contributed by atoms with Crippen molar-refractivity contribution >= 4 is 6.29 Å². The SMILES string of the molecule is COc1cc(C=O)cc(OC)c1OCc1cncc(F)c1. The van der Waals surface area contributed by atoms with Crippen molar-refractivity contribution < 1.29 is 23.4 Å². The van der Waals surface area contributed by atoms with E-state index in [2.05, 4.69) is 4.98 Å². The molecule has 0 atom stereocenters. The van der Waals surface area contributed by atoms with Crippen molar-refractivity contribution in [1.29, 1.82) is 0 Å². The summed E-state index contributed by atoms with van der Waals surface area (Å²) in [5.74, 6) is 0.628. The fourth-order valence-corrected chi connectivity index (χ4v) is 1.80. The second-order valence-corrected chi connectivity index (χ2v) is 4.17. The molecule has 0 N–H and O–H groups in total. The van der Waals surface area contributed by atoms with Gasteiger partial charge in [0.15, 0.2) is 11.5 Å². The largest absolute Gasteiger partial charge is 0.493 e. The molecule has 0 radical (unpaired) electrons. The Balaban J connectivity index is 2.28. The van der Waals surface area contributed by atoms with Crippen molar-refractivity contribution in [2.45, 2.75) is 6.61 Å². The number of halogens is 1. The van der Waals surface area contributed by atoms with Gasteiger partial charge in [0.25, 0.3) is 0 Å². The van der Waals surface area contributed by atoms with Crippen LogP contribution >= 0.6 is 0 Å². The van der Waals surface area contributed by atoms with E-state index in [1.54, 1.807) is 0 Å². The third kappa shape index (κ3) is 3.47. The topological polar surface area (TPSA) is 57.7 Å². The van der Waals surface area contributed by atoms with Gasteiger partial charge in [-0.3, -0.25) is 9.78 Å². The summed E-state index contributed by atoms with van der Waals surface area (Å²) >= 11 is 0. The van der Waals surface area contributed by atoms with E-state index >= 15 is 0 Å². The average molecular weight is 291 g/mol. The molecule has 5 nitrogen and oxygen atoms in total. The van der Waals surface area contributed by atoms with Crippen LogP contribution in [0.2, 0.25) is 0 Å². The first-order valence-corrected chi connectivity index (χ1v) is 6.11. The lowest BCUT2D eigenvalue weighted by atomic mass is 10.2. The molecule has 0 amide bonds. The molecule has 2 aromatic rings. The highest BCUT2D eigenvalue weighted by Gasteiger charge is 2.14. The molecule has 0 spiro atoms. The fourth-order valence-electron chi connectivity index (χ4n) is 1.80. The molecule has 1 aromatic heterocycles. The summed E-state index contributed by atoms with van der Waals surface area (Å²) in [5.41, 5.74) is 0.974. The number of rotatable bonds is 6. The zero-order valence-electron chi connectivity index (χ0n) is 11.6. The molecule has 0 aliphatic rings. The zero-order chi connectivity index (χ0) is 15.2. The maximum absolute atomic E-state index is 13.1. The number of benzene rings is 1. The quantitative estimate of drug-likeness (QED) is 0.766. The highest BCUT2D eigenvalue weighted by Crippen LogP contribution is 2.38. The van der Waals surface area contributed by atoms with Crippen LogP contribution < -0.4 is 14.2 Å². The lowest BCUT2D eigenvalue weighted by Gasteiger charge is -2.15. The Morgan fingerprint density at radius 3 is 2.33 bits per heavy atom. The summed E-state index contributed by atoms with van der Waals surface area (Å²) < 4.78 is 29.1. The van der Waals surface area contributed by atoms with E-state index in [9.17, 15) is 9.18 Å². The van der Waals surface area contributed by atoms with Crippen molar-refractivity contribution in [2.75, 3.05) is 14.2 Å². The lowest BCUT2D eigenvalue weighted by Crippen LogP contribution is -2.02. The molecular weight excluding hydrogens is 277 g/mol. The molecular formula is C15H14FNO4. The van der Waals surface area contributed by atoms with Crippen LogP contribution in [0, 0.1) is 5.82 Å². The molecule has 1 aromatic carbocycles. The molecule has 1 heterocycles. The summed E-state index contributed by atoms with van der Waals surface area (Å²) in [4.78, 5) is 14.6. The Hall–Kier alpha value is -2.63. The molecule has 0 bridgehead atoms. The summed E-state index contributed by atoms with van der Waals surface area (Å²) in [6.07, 6.45) is 3.30. The van der Waals surface area contributed by atoms with Crippen LogP contribution in [0.1, 0.15) is 15.9 Å². The number of carbonyl (C=O) groups is 1. The predicted molar refractivity (Wildman–Crippen MR) is 73.5 cm³/mol. The smallest absolute Gasteiger partial charge is 0.203 e. The van der Waals surface area contributed by atoms with Gasteiger partial charge in [-0.05, 0) is 18.2 Å². The van der Waals surface area contributed by atoms with E-state index < -0.39 is 5.82 Å². The number of methoxy groups -OCH3 is 2. The lowest BCUT2D eigenvalue weighted by molar-refractivity contribution is 0.112. The number of aromatic nitrogens is 1. The van der Waals surface area contributed by atoms with Gasteiger partial charge >= 0.3 is 0 Å². The highest BCUT2D eigenvalue weighted by atomic mass is 19.1. The van der Waals surface area contributed by atoms with E-state index in [1.165, 1.54) is 38.6 Å². The first-order valence-electron chi connectivity index (χ1n) is 6.11. The van der Waals surface area contributed by atoms with E-state index in [4.69, 9.17) is 14.2 Å². The highest BCUT2D eigenvalue weighted by molar-refractivity contribution is 5.78. The molecule has 0 aliphatic heterocycles. The number of carbonyl (C=O) groups excluding carboxylic acids is 1. The van der Waals surface area contributed by atoms with Crippen LogP contribution in [0.4, 0.5) is 4.39 Å². The molecule has 110 valence electrons. The van der Waals surface area contributed by atoms with Crippen molar-refractivity contribution in [1.82, 2.24) is 4.98 Å². The monoisotopic (exact) mass is 291 g/mol. The van der Waals surface area contributed by atoms with Crippen molar-refractivity contribution in [3.63, 3.8) is 0 Å². The normalized spacial score (nSPS) is 10.0. The Morgan fingerprint density at radius 1 is 1.14 bits per heavy atom. The van der Waals surface area contributed by atoms with Gasteiger partial charge in [-0.2, -0.15) is 0 Å². The minimum atomic E-state index is -0.439. The number of hydrogen-bond acceptors (Lipinski definition) is 5. The predicted octanol–water partition coefficient (Wildman–Crippen LogP) is 2.63. The molecule has 0 saturated heterocycles. The third-order valence-corrected chi connectivity index (χ3v) is 2.76. The molecule has 2 rings (SSSR count). The Kier molecular flexibility index (Phi) is 4.71. The van der Waals surface area contributed by atoms with Gasteiger partial charge < -0.3 is 14.2 Å². The van der Waals surface area contributed by atoms with Crippen LogP contribution in [0.15, 0.2) is 30.6 Å². The maximum atomic E-state index is 13.1.